The Balaban J connectivity index is 2.18. The Morgan fingerprint density at radius 3 is 2.44 bits per heavy atom. The van der Waals surface area contributed by atoms with Gasteiger partial charge < -0.3 is 0 Å². The van der Waals surface area contributed by atoms with Gasteiger partial charge in [-0.1, -0.05) is 12.1 Å². The highest BCUT2D eigenvalue weighted by atomic mass is 32.1. The molecule has 88 valence electrons. The number of Topliss-reactive ketones (excluding diaryl/α,β-unsaturated/α-hetero) is 1. The summed E-state index contributed by atoms with van der Waals surface area (Å²) in [5, 5.41) is 1.82. The van der Waals surface area contributed by atoms with Crippen LogP contribution < -0.4 is 0 Å². The third-order valence-electron chi connectivity index (χ3n) is 2.81. The van der Waals surface area contributed by atoms with Crippen LogP contribution in [0.3, 0.4) is 0 Å². The van der Waals surface area contributed by atoms with E-state index in [1.807, 2.05) is 5.38 Å². The Kier molecular flexibility index (Phi) is 2.45. The average Bonchev–Trinajstić information content (AvgIpc) is 2.79. The van der Waals surface area contributed by atoms with Crippen LogP contribution in [0, 0.1) is 5.82 Å². The third-order valence-corrected chi connectivity index (χ3v) is 3.76. The van der Waals surface area contributed by atoms with Crippen molar-refractivity contribution >= 4 is 29.0 Å². The third kappa shape index (κ3) is 1.62. The number of hydrogen-bond acceptors (Lipinski definition) is 3. The summed E-state index contributed by atoms with van der Waals surface area (Å²) in [6.07, 6.45) is 2.94. The van der Waals surface area contributed by atoms with Crippen LogP contribution in [0.15, 0.2) is 35.7 Å². The normalized spacial score (nSPS) is 13.8. The van der Waals surface area contributed by atoms with Crippen LogP contribution >= 0.6 is 11.3 Å². The minimum Gasteiger partial charge on any atom is -0.286 e. The number of fused-ring (bicyclic) bond motifs is 1. The maximum Gasteiger partial charge on any atom is 0.234 e. The Morgan fingerprint density at radius 2 is 1.72 bits per heavy atom. The van der Waals surface area contributed by atoms with Crippen molar-refractivity contribution in [3.63, 3.8) is 0 Å². The molecule has 1 aliphatic rings. The van der Waals surface area contributed by atoms with Gasteiger partial charge in [-0.3, -0.25) is 9.59 Å². The Morgan fingerprint density at radius 1 is 1.00 bits per heavy atom. The summed E-state index contributed by atoms with van der Waals surface area (Å²) in [5.74, 6) is -1.33. The fourth-order valence-electron chi connectivity index (χ4n) is 1.92. The van der Waals surface area contributed by atoms with Gasteiger partial charge in [0.2, 0.25) is 11.6 Å². The molecule has 18 heavy (non-hydrogen) atoms. The van der Waals surface area contributed by atoms with Gasteiger partial charge in [0.05, 0.1) is 5.56 Å². The maximum absolute atomic E-state index is 12.9. The van der Waals surface area contributed by atoms with E-state index in [4.69, 9.17) is 0 Å². The van der Waals surface area contributed by atoms with Gasteiger partial charge in [-0.05, 0) is 35.2 Å². The van der Waals surface area contributed by atoms with Crippen LogP contribution in [0.5, 0.6) is 0 Å². The number of rotatable bonds is 1. The molecule has 0 spiro atoms. The molecule has 1 aromatic heterocycles. The van der Waals surface area contributed by atoms with Crippen LogP contribution in [-0.4, -0.2) is 11.6 Å². The molecule has 0 unspecified atom stereocenters. The van der Waals surface area contributed by atoms with Gasteiger partial charge in [-0.15, -0.1) is 11.3 Å². The second kappa shape index (κ2) is 3.99. The highest BCUT2D eigenvalue weighted by Gasteiger charge is 2.26. The number of carbonyl (C=O) groups is 2. The number of thiophene rings is 1. The molecule has 1 aromatic carbocycles. The Hall–Kier alpha value is -2.07. The molecule has 0 N–H and O–H groups in total. The quantitative estimate of drug-likeness (QED) is 0.735. The summed E-state index contributed by atoms with van der Waals surface area (Å²) < 4.78 is 12.9. The highest BCUT2D eigenvalue weighted by Crippen LogP contribution is 2.35. The van der Waals surface area contributed by atoms with E-state index in [2.05, 4.69) is 0 Å². The van der Waals surface area contributed by atoms with E-state index in [0.717, 1.165) is 10.4 Å². The smallest absolute Gasteiger partial charge is 0.234 e. The highest BCUT2D eigenvalue weighted by molar-refractivity contribution is 7.12. The van der Waals surface area contributed by atoms with E-state index in [1.54, 1.807) is 18.2 Å². The minimum atomic E-state index is -0.510. The number of ketones is 2. The van der Waals surface area contributed by atoms with Crippen molar-refractivity contribution in [1.29, 1.82) is 0 Å². The molecular weight excluding hydrogens is 251 g/mol. The van der Waals surface area contributed by atoms with Crippen molar-refractivity contribution in [2.75, 3.05) is 0 Å². The van der Waals surface area contributed by atoms with Crippen LogP contribution in [0.4, 0.5) is 4.39 Å². The molecule has 1 heterocycles. The monoisotopic (exact) mass is 258 g/mol. The van der Waals surface area contributed by atoms with Crippen molar-refractivity contribution < 1.29 is 14.0 Å². The standard InChI is InChI=1S/C14H7FO2S/c15-9-3-1-8(2-4-9)10-7-18-12-6-5-11(16)14(17)13(10)12/h1-7H. The predicted octanol–water partition coefficient (Wildman–Crippen LogP) is 3.33. The zero-order valence-electron chi connectivity index (χ0n) is 9.14. The van der Waals surface area contributed by atoms with Crippen LogP contribution in [0.25, 0.3) is 17.2 Å². The summed E-state index contributed by atoms with van der Waals surface area (Å²) in [6, 6.07) is 5.89. The van der Waals surface area contributed by atoms with E-state index in [-0.39, 0.29) is 5.82 Å². The molecule has 0 radical (unpaired) electrons. The number of halogens is 1. The lowest BCUT2D eigenvalue weighted by molar-refractivity contribution is -0.110. The first kappa shape index (κ1) is 11.0. The van der Waals surface area contributed by atoms with Gasteiger partial charge in [0.1, 0.15) is 5.82 Å². The maximum atomic E-state index is 12.9. The topological polar surface area (TPSA) is 34.1 Å². The lowest BCUT2D eigenvalue weighted by atomic mass is 9.95. The summed E-state index contributed by atoms with van der Waals surface area (Å²) >= 11 is 1.40. The molecule has 0 amide bonds. The molecule has 0 aliphatic heterocycles. The molecule has 3 rings (SSSR count). The summed E-state index contributed by atoms with van der Waals surface area (Å²) in [4.78, 5) is 24.0. The summed E-state index contributed by atoms with van der Waals surface area (Å²) in [6.45, 7) is 0. The average molecular weight is 258 g/mol. The van der Waals surface area contributed by atoms with Crippen molar-refractivity contribution in [2.45, 2.75) is 0 Å². The van der Waals surface area contributed by atoms with Gasteiger partial charge >= 0.3 is 0 Å². The fraction of sp³-hybridized carbons (Fsp3) is 0. The molecule has 2 nitrogen and oxygen atoms in total. The van der Waals surface area contributed by atoms with Gasteiger partial charge in [0.25, 0.3) is 0 Å². The molecule has 2 aromatic rings. The molecule has 0 fully saturated rings. The van der Waals surface area contributed by atoms with E-state index >= 15 is 0 Å². The van der Waals surface area contributed by atoms with E-state index in [0.29, 0.717) is 11.1 Å². The first-order valence-electron chi connectivity index (χ1n) is 5.31. The number of allylic oxidation sites excluding steroid dienone is 1. The van der Waals surface area contributed by atoms with Crippen molar-refractivity contribution in [2.24, 2.45) is 0 Å². The lowest BCUT2D eigenvalue weighted by Gasteiger charge is -2.06. The van der Waals surface area contributed by atoms with E-state index < -0.39 is 11.6 Å². The first-order valence-corrected chi connectivity index (χ1v) is 6.19. The molecule has 0 atom stereocenters. The fourth-order valence-corrected chi connectivity index (χ4v) is 2.89. The lowest BCUT2D eigenvalue weighted by Crippen LogP contribution is -2.15. The zero-order chi connectivity index (χ0) is 12.7. The molecule has 1 aliphatic carbocycles. The van der Waals surface area contributed by atoms with Gasteiger partial charge in [0, 0.05) is 10.4 Å². The number of carbonyl (C=O) groups excluding carboxylic acids is 2. The van der Waals surface area contributed by atoms with E-state index in [9.17, 15) is 14.0 Å². The number of hydrogen-bond donors (Lipinski definition) is 0. The van der Waals surface area contributed by atoms with E-state index in [1.165, 1.54) is 29.5 Å². The zero-order valence-corrected chi connectivity index (χ0v) is 9.96. The molecular formula is C14H7FO2S. The summed E-state index contributed by atoms with van der Waals surface area (Å²) in [7, 11) is 0. The number of benzene rings is 1. The van der Waals surface area contributed by atoms with Crippen LogP contribution in [-0.2, 0) is 4.79 Å². The Labute approximate surface area is 106 Å². The second-order valence-corrected chi connectivity index (χ2v) is 4.83. The second-order valence-electron chi connectivity index (χ2n) is 3.92. The van der Waals surface area contributed by atoms with Crippen molar-refractivity contribution in [3.05, 3.63) is 52.0 Å². The molecule has 0 saturated heterocycles. The first-order chi connectivity index (χ1) is 8.66. The van der Waals surface area contributed by atoms with Gasteiger partial charge in [-0.2, -0.15) is 0 Å². The van der Waals surface area contributed by atoms with Gasteiger partial charge in [0.15, 0.2) is 0 Å². The van der Waals surface area contributed by atoms with Crippen molar-refractivity contribution in [3.8, 4) is 11.1 Å². The van der Waals surface area contributed by atoms with Crippen LogP contribution in [0.2, 0.25) is 0 Å². The van der Waals surface area contributed by atoms with Gasteiger partial charge in [-0.25, -0.2) is 4.39 Å². The Bertz CT molecular complexity index is 680. The largest absolute Gasteiger partial charge is 0.286 e. The SMILES string of the molecule is O=C1C=Cc2scc(-c3ccc(F)cc3)c2C1=O. The molecule has 4 heteroatoms. The molecule has 0 bridgehead atoms. The predicted molar refractivity (Wildman–Crippen MR) is 68.1 cm³/mol. The van der Waals surface area contributed by atoms with Crippen LogP contribution in [0.1, 0.15) is 15.2 Å². The minimum absolute atomic E-state index is 0.329. The van der Waals surface area contributed by atoms with Crippen molar-refractivity contribution in [1.82, 2.24) is 0 Å². The summed E-state index contributed by atoms with van der Waals surface area (Å²) in [5.41, 5.74) is 1.86. The molecule has 0 saturated carbocycles.